The molecule has 0 saturated carbocycles. The fraction of sp³-hybridized carbons (Fsp3) is 0.0455. The Morgan fingerprint density at radius 2 is 1.61 bits per heavy atom. The van der Waals surface area contributed by atoms with Crippen molar-refractivity contribution in [3.05, 3.63) is 105 Å². The standard InChI is InChI=1S/C22H18N2O4/c25-22-18-13-17(12-11-15-7-3-1-4-8-15)19(24(27)28)14-20(18)23(26)21(22)16-9-5-2-6-10-16/h1-14,21,23-24,27H. The molecule has 28 heavy (non-hydrogen) atoms. The summed E-state index contributed by atoms with van der Waals surface area (Å²) in [6, 6.07) is 20.2. The predicted molar refractivity (Wildman–Crippen MR) is 105 cm³/mol. The Kier molecular flexibility index (Phi) is 4.87. The zero-order valence-electron chi connectivity index (χ0n) is 14.8. The number of fused-ring (bicyclic) bond motifs is 1. The summed E-state index contributed by atoms with van der Waals surface area (Å²) in [5, 5.41) is 32.7. The van der Waals surface area contributed by atoms with E-state index in [9.17, 15) is 20.4 Å². The second-order valence-corrected chi connectivity index (χ2v) is 6.61. The van der Waals surface area contributed by atoms with Gasteiger partial charge in [-0.1, -0.05) is 66.7 Å². The van der Waals surface area contributed by atoms with Gasteiger partial charge in [-0.3, -0.25) is 4.79 Å². The Morgan fingerprint density at radius 3 is 2.25 bits per heavy atom. The third-order valence-corrected chi connectivity index (χ3v) is 4.86. The van der Waals surface area contributed by atoms with E-state index in [2.05, 4.69) is 0 Å². The Balaban J connectivity index is 1.77. The number of nitrogens with one attached hydrogen (secondary N) is 2. The summed E-state index contributed by atoms with van der Waals surface area (Å²) in [6.45, 7) is 0. The lowest BCUT2D eigenvalue weighted by Crippen LogP contribution is -3.02. The highest BCUT2D eigenvalue weighted by Gasteiger charge is 2.40. The Bertz CT molecular complexity index is 1030. The van der Waals surface area contributed by atoms with Crippen LogP contribution in [0.2, 0.25) is 0 Å². The van der Waals surface area contributed by atoms with Gasteiger partial charge in [0.05, 0.1) is 11.6 Å². The largest absolute Gasteiger partial charge is 0.628 e. The molecule has 0 bridgehead atoms. The van der Waals surface area contributed by atoms with Crippen LogP contribution >= 0.6 is 0 Å². The summed E-state index contributed by atoms with van der Waals surface area (Å²) >= 11 is 0. The first kappa shape index (κ1) is 18.2. The third-order valence-electron chi connectivity index (χ3n) is 4.86. The van der Waals surface area contributed by atoms with Crippen LogP contribution in [0.5, 0.6) is 0 Å². The molecule has 1 heterocycles. The van der Waals surface area contributed by atoms with Crippen molar-refractivity contribution in [3.63, 3.8) is 0 Å². The molecule has 6 nitrogen and oxygen atoms in total. The lowest BCUT2D eigenvalue weighted by Gasteiger charge is -2.24. The zero-order chi connectivity index (χ0) is 19.7. The second-order valence-electron chi connectivity index (χ2n) is 6.61. The van der Waals surface area contributed by atoms with Crippen molar-refractivity contribution in [3.8, 4) is 0 Å². The minimum absolute atomic E-state index is 0.000734. The third kappa shape index (κ3) is 3.27. The number of hydrogen-bond donors (Lipinski definition) is 3. The minimum Gasteiger partial charge on any atom is -0.628 e. The van der Waals surface area contributed by atoms with Crippen LogP contribution in [0.1, 0.15) is 33.1 Å². The van der Waals surface area contributed by atoms with Crippen molar-refractivity contribution in [2.45, 2.75) is 6.04 Å². The van der Waals surface area contributed by atoms with E-state index in [-0.39, 0.29) is 27.8 Å². The molecule has 0 radical (unpaired) electrons. The summed E-state index contributed by atoms with van der Waals surface area (Å²) < 4.78 is 0. The van der Waals surface area contributed by atoms with Crippen molar-refractivity contribution in [1.82, 2.24) is 0 Å². The van der Waals surface area contributed by atoms with Crippen LogP contribution in [-0.2, 0) is 0 Å². The van der Waals surface area contributed by atoms with E-state index in [1.54, 1.807) is 36.4 Å². The molecule has 3 unspecified atom stereocenters. The average molecular weight is 374 g/mol. The monoisotopic (exact) mass is 374 g/mol. The number of ketones is 1. The molecule has 0 saturated heterocycles. The Hall–Kier alpha value is -3.13. The molecule has 0 spiro atoms. The summed E-state index contributed by atoms with van der Waals surface area (Å²) in [7, 11) is 0. The molecular weight excluding hydrogens is 356 g/mol. The van der Waals surface area contributed by atoms with E-state index in [4.69, 9.17) is 0 Å². The molecule has 1 aliphatic rings. The van der Waals surface area contributed by atoms with Crippen LogP contribution in [-0.4, -0.2) is 11.0 Å². The van der Waals surface area contributed by atoms with Gasteiger partial charge in [0.2, 0.25) is 5.78 Å². The topological polar surface area (TPSA) is 92.3 Å². The lowest BCUT2D eigenvalue weighted by atomic mass is 9.99. The lowest BCUT2D eigenvalue weighted by molar-refractivity contribution is -0.991. The van der Waals surface area contributed by atoms with E-state index in [1.807, 2.05) is 36.4 Å². The van der Waals surface area contributed by atoms with E-state index in [1.165, 1.54) is 12.1 Å². The summed E-state index contributed by atoms with van der Waals surface area (Å²) in [5.41, 5.74) is 2.37. The van der Waals surface area contributed by atoms with Crippen molar-refractivity contribution < 1.29 is 20.3 Å². The van der Waals surface area contributed by atoms with Gasteiger partial charge in [-0.15, -0.1) is 0 Å². The van der Waals surface area contributed by atoms with Crippen LogP contribution in [0, 0.1) is 10.4 Å². The van der Waals surface area contributed by atoms with Crippen molar-refractivity contribution in [2.24, 2.45) is 0 Å². The quantitative estimate of drug-likeness (QED) is 0.371. The molecule has 3 N–H and O–H groups in total. The fourth-order valence-corrected chi connectivity index (χ4v) is 3.48. The van der Waals surface area contributed by atoms with Gasteiger partial charge < -0.3 is 15.5 Å². The molecule has 3 aromatic rings. The van der Waals surface area contributed by atoms with Gasteiger partial charge >= 0.3 is 0 Å². The maximum atomic E-state index is 12.9. The normalized spacial score (nSPS) is 19.8. The van der Waals surface area contributed by atoms with Crippen LogP contribution in [0.15, 0.2) is 72.8 Å². The first-order chi connectivity index (χ1) is 13.6. The fourth-order valence-electron chi connectivity index (χ4n) is 3.48. The number of carbonyl (C=O) groups excluding carboxylic acids is 1. The minimum atomic E-state index is -1.14. The first-order valence-corrected chi connectivity index (χ1v) is 8.84. The van der Waals surface area contributed by atoms with Gasteiger partial charge in [0.15, 0.2) is 11.7 Å². The molecule has 1 aliphatic heterocycles. The second kappa shape index (κ2) is 7.47. The number of rotatable bonds is 4. The van der Waals surface area contributed by atoms with Gasteiger partial charge in [0.25, 0.3) is 0 Å². The zero-order valence-corrected chi connectivity index (χ0v) is 14.8. The predicted octanol–water partition coefficient (Wildman–Crippen LogP) is 2.21. The van der Waals surface area contributed by atoms with Gasteiger partial charge in [0, 0.05) is 11.1 Å². The number of carbonyl (C=O) groups is 1. The van der Waals surface area contributed by atoms with E-state index in [0.717, 1.165) is 5.56 Å². The number of hydrogen-bond acceptors (Lipinski definition) is 4. The molecule has 4 rings (SSSR count). The summed E-state index contributed by atoms with van der Waals surface area (Å²) in [4.78, 5) is 12.9. The molecule has 6 heteroatoms. The van der Waals surface area contributed by atoms with Crippen LogP contribution in [0.25, 0.3) is 12.2 Å². The molecule has 0 amide bonds. The maximum absolute atomic E-state index is 12.9. The molecule has 140 valence electrons. The highest BCUT2D eigenvalue weighted by molar-refractivity contribution is 6.06. The van der Waals surface area contributed by atoms with Crippen LogP contribution < -0.4 is 10.3 Å². The number of benzene rings is 3. The van der Waals surface area contributed by atoms with Crippen molar-refractivity contribution in [2.75, 3.05) is 0 Å². The summed E-state index contributed by atoms with van der Waals surface area (Å²) in [5.74, 6) is -0.294. The first-order valence-electron chi connectivity index (χ1n) is 8.84. The number of quaternary nitrogens is 2. The van der Waals surface area contributed by atoms with Gasteiger partial charge in [-0.2, -0.15) is 5.23 Å². The molecule has 0 fully saturated rings. The Labute approximate surface area is 161 Å². The summed E-state index contributed by atoms with van der Waals surface area (Å²) in [6.07, 6.45) is 3.44. The van der Waals surface area contributed by atoms with Crippen molar-refractivity contribution >= 4 is 29.3 Å². The van der Waals surface area contributed by atoms with E-state index < -0.39 is 11.3 Å². The molecular formula is C22H18N2O4. The van der Waals surface area contributed by atoms with Gasteiger partial charge in [-0.05, 0) is 17.7 Å². The van der Waals surface area contributed by atoms with Gasteiger partial charge in [-0.25, -0.2) is 5.21 Å². The number of Topliss-reactive ketones (excluding diaryl/α,β-unsaturated/α-hetero) is 1. The Morgan fingerprint density at radius 1 is 0.964 bits per heavy atom. The maximum Gasteiger partial charge on any atom is 0.231 e. The van der Waals surface area contributed by atoms with E-state index >= 15 is 0 Å². The van der Waals surface area contributed by atoms with E-state index in [0.29, 0.717) is 11.1 Å². The van der Waals surface area contributed by atoms with Crippen LogP contribution in [0.3, 0.4) is 0 Å². The smallest absolute Gasteiger partial charge is 0.231 e. The van der Waals surface area contributed by atoms with Crippen LogP contribution in [0.4, 0.5) is 11.4 Å². The molecule has 0 aliphatic carbocycles. The SMILES string of the molecule is O=C1c2cc(C=Cc3ccccc3)c([NH+]([O-])O)cc2[NH+]([O-])C1c1ccccc1. The average Bonchev–Trinajstić information content (AvgIpc) is 2.96. The molecule has 0 aromatic heterocycles. The number of hydroxylamine groups is 1. The highest BCUT2D eigenvalue weighted by Crippen LogP contribution is 2.32. The molecule has 3 atom stereocenters. The molecule has 3 aromatic carbocycles. The van der Waals surface area contributed by atoms with Crippen molar-refractivity contribution in [1.29, 1.82) is 0 Å². The highest BCUT2D eigenvalue weighted by atomic mass is 16.8. The van der Waals surface area contributed by atoms with Gasteiger partial charge in [0.1, 0.15) is 5.69 Å².